The molecule has 0 saturated carbocycles. The largest absolute Gasteiger partial charge is 0.467 e. The minimum absolute atomic E-state index is 0.0979. The number of nitrogens with one attached hydrogen (secondary N) is 1. The van der Waals surface area contributed by atoms with Crippen LogP contribution in [-0.4, -0.2) is 57.1 Å². The first-order valence-electron chi connectivity index (χ1n) is 10.2. The molecule has 1 heterocycles. The van der Waals surface area contributed by atoms with E-state index in [1.807, 2.05) is 48.5 Å². The maximum absolute atomic E-state index is 12.5. The molecule has 0 aromatic heterocycles. The maximum atomic E-state index is 12.5. The number of carbonyl (C=O) groups is 3. The van der Waals surface area contributed by atoms with E-state index in [0.717, 1.165) is 22.3 Å². The van der Waals surface area contributed by atoms with Crippen LogP contribution in [0.5, 0.6) is 0 Å². The van der Waals surface area contributed by atoms with Gasteiger partial charge in [-0.25, -0.2) is 9.59 Å². The Morgan fingerprint density at radius 3 is 2.34 bits per heavy atom. The fourth-order valence-electron chi connectivity index (χ4n) is 3.84. The van der Waals surface area contributed by atoms with Gasteiger partial charge in [-0.05, 0) is 34.4 Å². The van der Waals surface area contributed by atoms with Gasteiger partial charge in [0.2, 0.25) is 0 Å². The van der Waals surface area contributed by atoms with Crippen molar-refractivity contribution in [1.29, 1.82) is 0 Å². The smallest absolute Gasteiger partial charge is 0.407 e. The molecule has 8 heteroatoms. The molecule has 32 heavy (non-hydrogen) atoms. The molecule has 2 aliphatic rings. The highest BCUT2D eigenvalue weighted by Gasteiger charge is 2.30. The highest BCUT2D eigenvalue weighted by molar-refractivity contribution is 5.91. The molecule has 2 atom stereocenters. The summed E-state index contributed by atoms with van der Waals surface area (Å²) in [4.78, 5) is 35.7. The van der Waals surface area contributed by atoms with Crippen LogP contribution in [0.4, 0.5) is 4.79 Å². The number of hydrogen-bond acceptors (Lipinski definition) is 7. The Kier molecular flexibility index (Phi) is 6.63. The van der Waals surface area contributed by atoms with Gasteiger partial charge in [-0.2, -0.15) is 0 Å². The van der Waals surface area contributed by atoms with Crippen molar-refractivity contribution in [2.24, 2.45) is 0 Å². The van der Waals surface area contributed by atoms with Crippen molar-refractivity contribution in [3.05, 3.63) is 71.8 Å². The molecule has 166 valence electrons. The second kappa shape index (κ2) is 9.76. The lowest BCUT2D eigenvalue weighted by Gasteiger charge is -2.22. The van der Waals surface area contributed by atoms with Crippen LogP contribution in [0.3, 0.4) is 0 Å². The number of ketones is 1. The molecule has 2 aromatic carbocycles. The lowest BCUT2D eigenvalue weighted by Crippen LogP contribution is -2.46. The van der Waals surface area contributed by atoms with Crippen molar-refractivity contribution in [3.8, 4) is 11.1 Å². The van der Waals surface area contributed by atoms with Gasteiger partial charge >= 0.3 is 12.1 Å². The number of carbonyl (C=O) groups excluding carboxylic acids is 3. The van der Waals surface area contributed by atoms with E-state index in [0.29, 0.717) is 0 Å². The average Bonchev–Trinajstić information content (AvgIpc) is 3.14. The Morgan fingerprint density at radius 2 is 1.75 bits per heavy atom. The minimum Gasteiger partial charge on any atom is -0.467 e. The molecule has 0 spiro atoms. The lowest BCUT2D eigenvalue weighted by molar-refractivity contribution is -0.155. The molecule has 1 N–H and O–H groups in total. The molecular formula is C24H23NO7. The van der Waals surface area contributed by atoms with Gasteiger partial charge in [-0.3, -0.25) is 4.79 Å². The van der Waals surface area contributed by atoms with Gasteiger partial charge in [0.25, 0.3) is 0 Å². The fourth-order valence-corrected chi connectivity index (χ4v) is 3.84. The molecule has 4 rings (SSSR count). The highest BCUT2D eigenvalue weighted by Crippen LogP contribution is 2.44. The summed E-state index contributed by atoms with van der Waals surface area (Å²) in [5.74, 6) is -0.959. The van der Waals surface area contributed by atoms with E-state index in [1.54, 1.807) is 0 Å². The molecule has 1 amide bonds. The molecule has 1 aliphatic carbocycles. The molecule has 1 aliphatic heterocycles. The van der Waals surface area contributed by atoms with Crippen molar-refractivity contribution >= 4 is 17.8 Å². The normalized spacial score (nSPS) is 17.9. The summed E-state index contributed by atoms with van der Waals surface area (Å²) in [5, 5.41) is 2.48. The van der Waals surface area contributed by atoms with Gasteiger partial charge in [0.05, 0.1) is 13.7 Å². The minimum atomic E-state index is -1.09. The number of esters is 1. The van der Waals surface area contributed by atoms with Crippen LogP contribution in [-0.2, 0) is 28.5 Å². The first kappa shape index (κ1) is 21.7. The van der Waals surface area contributed by atoms with E-state index >= 15 is 0 Å². The van der Waals surface area contributed by atoms with Crippen molar-refractivity contribution < 1.29 is 33.3 Å². The Bertz CT molecular complexity index is 1000. The monoisotopic (exact) mass is 437 g/mol. The maximum Gasteiger partial charge on any atom is 0.407 e. The first-order valence-corrected chi connectivity index (χ1v) is 10.2. The van der Waals surface area contributed by atoms with Crippen LogP contribution in [0.2, 0.25) is 0 Å². The van der Waals surface area contributed by atoms with Crippen molar-refractivity contribution in [2.75, 3.05) is 26.9 Å². The van der Waals surface area contributed by atoms with Gasteiger partial charge in [0.1, 0.15) is 13.2 Å². The summed E-state index contributed by atoms with van der Waals surface area (Å²) in [7, 11) is 1.21. The summed E-state index contributed by atoms with van der Waals surface area (Å²) in [5.41, 5.74) is 4.42. The number of amides is 1. The molecule has 0 saturated heterocycles. The molecular weight excluding hydrogens is 414 g/mol. The van der Waals surface area contributed by atoms with Crippen LogP contribution in [0.25, 0.3) is 11.1 Å². The molecule has 2 aromatic rings. The van der Waals surface area contributed by atoms with Gasteiger partial charge in [-0.15, -0.1) is 0 Å². The third kappa shape index (κ3) is 4.71. The van der Waals surface area contributed by atoms with E-state index < -0.39 is 24.4 Å². The van der Waals surface area contributed by atoms with Crippen molar-refractivity contribution in [2.45, 2.75) is 18.2 Å². The topological polar surface area (TPSA) is 100 Å². The second-order valence-electron chi connectivity index (χ2n) is 7.38. The van der Waals surface area contributed by atoms with Gasteiger partial charge in [0, 0.05) is 5.92 Å². The zero-order chi connectivity index (χ0) is 22.5. The summed E-state index contributed by atoms with van der Waals surface area (Å²) in [6.07, 6.45) is 1.23. The summed E-state index contributed by atoms with van der Waals surface area (Å²) >= 11 is 0. The SMILES string of the molecule is COC(=O)[C@H](CO[C@H]1C=CC(=O)CO1)NC(=O)OCC1c2ccccc2-c2ccccc21. The standard InChI is InChI=1S/C24H23NO7/c1-29-23(27)21(14-31-22-11-10-15(26)12-30-22)25-24(28)32-13-20-18-8-4-2-6-16(18)17-7-3-5-9-19(17)20/h2-11,20-22H,12-14H2,1H3,(H,25,28)/t21-,22-/m0/s1. The molecule has 0 fully saturated rings. The molecule has 0 unspecified atom stereocenters. The number of hydrogen-bond donors (Lipinski definition) is 1. The highest BCUT2D eigenvalue weighted by atomic mass is 16.7. The number of benzene rings is 2. The van der Waals surface area contributed by atoms with E-state index in [1.165, 1.54) is 19.3 Å². The Balaban J connectivity index is 1.37. The Labute approximate surface area is 185 Å². The van der Waals surface area contributed by atoms with E-state index in [9.17, 15) is 14.4 Å². The number of ether oxygens (including phenoxy) is 4. The third-order valence-corrected chi connectivity index (χ3v) is 5.38. The van der Waals surface area contributed by atoms with Gasteiger partial charge < -0.3 is 24.3 Å². The van der Waals surface area contributed by atoms with Gasteiger partial charge in [0.15, 0.2) is 18.1 Å². The Morgan fingerprint density at radius 1 is 1.09 bits per heavy atom. The number of rotatable bonds is 7. The van der Waals surface area contributed by atoms with Crippen LogP contribution in [0.1, 0.15) is 17.0 Å². The van der Waals surface area contributed by atoms with Crippen molar-refractivity contribution in [3.63, 3.8) is 0 Å². The predicted molar refractivity (Wildman–Crippen MR) is 114 cm³/mol. The number of methoxy groups -OCH3 is 1. The molecule has 8 nitrogen and oxygen atoms in total. The van der Waals surface area contributed by atoms with E-state index in [4.69, 9.17) is 18.9 Å². The number of fused-ring (bicyclic) bond motifs is 3. The quantitative estimate of drug-likeness (QED) is 0.665. The van der Waals surface area contributed by atoms with Crippen LogP contribution < -0.4 is 5.32 Å². The van der Waals surface area contributed by atoms with Crippen LogP contribution in [0, 0.1) is 0 Å². The first-order chi connectivity index (χ1) is 15.6. The Hall–Kier alpha value is -3.49. The van der Waals surface area contributed by atoms with Crippen LogP contribution in [0.15, 0.2) is 60.7 Å². The van der Waals surface area contributed by atoms with Crippen molar-refractivity contribution in [1.82, 2.24) is 5.32 Å². The summed E-state index contributed by atoms with van der Waals surface area (Å²) in [6.45, 7) is -0.199. The fraction of sp³-hybridized carbons (Fsp3) is 0.292. The molecule has 0 radical (unpaired) electrons. The second-order valence-corrected chi connectivity index (χ2v) is 7.38. The van der Waals surface area contributed by atoms with Gasteiger partial charge in [-0.1, -0.05) is 48.5 Å². The van der Waals surface area contributed by atoms with E-state index in [-0.39, 0.29) is 31.5 Å². The lowest BCUT2D eigenvalue weighted by atomic mass is 9.98. The summed E-state index contributed by atoms with van der Waals surface area (Å²) < 4.78 is 20.8. The number of alkyl carbamates (subject to hydrolysis) is 1. The average molecular weight is 437 g/mol. The predicted octanol–water partition coefficient (Wildman–Crippen LogP) is 2.56. The molecule has 0 bridgehead atoms. The van der Waals surface area contributed by atoms with E-state index in [2.05, 4.69) is 5.32 Å². The summed E-state index contributed by atoms with van der Waals surface area (Å²) in [6, 6.07) is 14.9. The van der Waals surface area contributed by atoms with Crippen LogP contribution >= 0.6 is 0 Å². The third-order valence-electron chi connectivity index (χ3n) is 5.38. The zero-order valence-electron chi connectivity index (χ0n) is 17.5. The zero-order valence-corrected chi connectivity index (χ0v) is 17.5.